The molecule has 0 unspecified atom stereocenters. The van der Waals surface area contributed by atoms with Gasteiger partial charge in [0.05, 0.1) is 13.2 Å². The van der Waals surface area contributed by atoms with Crippen molar-refractivity contribution < 1.29 is 9.53 Å². The van der Waals surface area contributed by atoms with Crippen LogP contribution >= 0.6 is 0 Å². The zero-order chi connectivity index (χ0) is 21.2. The number of ether oxygens (including phenoxy) is 1. The lowest BCUT2D eigenvalue weighted by Crippen LogP contribution is -2.37. The largest absolute Gasteiger partial charge is 0.379 e. The summed E-state index contributed by atoms with van der Waals surface area (Å²) in [5.41, 5.74) is 4.25. The molecule has 2 aromatic rings. The van der Waals surface area contributed by atoms with E-state index in [-0.39, 0.29) is 5.91 Å². The average molecular weight is 410 g/mol. The van der Waals surface area contributed by atoms with Crippen LogP contribution in [0.25, 0.3) is 0 Å². The number of nitrogens with zero attached hydrogens (tertiary/aromatic N) is 2. The zero-order valence-electron chi connectivity index (χ0n) is 17.8. The Morgan fingerprint density at radius 2 is 1.77 bits per heavy atom. The van der Waals surface area contributed by atoms with Crippen LogP contribution in [0.3, 0.4) is 0 Å². The molecule has 160 valence electrons. The number of aliphatic imine (C=N–C) groups is 1. The van der Waals surface area contributed by atoms with Gasteiger partial charge < -0.3 is 20.7 Å². The summed E-state index contributed by atoms with van der Waals surface area (Å²) in [6, 6.07) is 16.1. The molecule has 2 aromatic carbocycles. The lowest BCUT2D eigenvalue weighted by Gasteiger charge is -2.27. The minimum Gasteiger partial charge on any atom is -0.379 e. The van der Waals surface area contributed by atoms with Crippen molar-refractivity contribution in [1.82, 2.24) is 20.9 Å². The summed E-state index contributed by atoms with van der Waals surface area (Å²) in [7, 11) is 3.39. The minimum absolute atomic E-state index is 0.0868. The summed E-state index contributed by atoms with van der Waals surface area (Å²) in [5, 5.41) is 9.37. The number of carbonyl (C=O) groups excluding carboxylic acids is 1. The summed E-state index contributed by atoms with van der Waals surface area (Å²) in [6.07, 6.45) is 0. The Kier molecular flexibility index (Phi) is 8.23. The van der Waals surface area contributed by atoms with Crippen molar-refractivity contribution in [3.05, 3.63) is 70.8 Å². The lowest BCUT2D eigenvalue weighted by molar-refractivity contribution is 0.0341. The van der Waals surface area contributed by atoms with E-state index < -0.39 is 0 Å². The van der Waals surface area contributed by atoms with Gasteiger partial charge in [-0.2, -0.15) is 0 Å². The average Bonchev–Trinajstić information content (AvgIpc) is 2.80. The summed E-state index contributed by atoms with van der Waals surface area (Å²) in [4.78, 5) is 18.6. The summed E-state index contributed by atoms with van der Waals surface area (Å²) in [6.45, 7) is 5.76. The van der Waals surface area contributed by atoms with E-state index in [0.717, 1.165) is 44.4 Å². The maximum Gasteiger partial charge on any atom is 0.251 e. The first-order valence-electron chi connectivity index (χ1n) is 10.3. The second-order valence-electron chi connectivity index (χ2n) is 7.22. The summed E-state index contributed by atoms with van der Waals surface area (Å²) < 4.78 is 5.45. The quantitative estimate of drug-likeness (QED) is 0.480. The fraction of sp³-hybridized carbons (Fsp3) is 0.391. The third-order valence-corrected chi connectivity index (χ3v) is 5.16. The van der Waals surface area contributed by atoms with Gasteiger partial charge in [-0.1, -0.05) is 36.4 Å². The van der Waals surface area contributed by atoms with Crippen molar-refractivity contribution >= 4 is 11.9 Å². The molecule has 1 saturated heterocycles. The molecule has 1 heterocycles. The molecular formula is C23H31N5O2. The number of rotatable bonds is 7. The Morgan fingerprint density at radius 1 is 1.03 bits per heavy atom. The van der Waals surface area contributed by atoms with Crippen LogP contribution in [0.2, 0.25) is 0 Å². The second-order valence-corrected chi connectivity index (χ2v) is 7.22. The fourth-order valence-electron chi connectivity index (χ4n) is 3.44. The van der Waals surface area contributed by atoms with Gasteiger partial charge in [0.15, 0.2) is 5.96 Å². The molecule has 3 rings (SSSR count). The van der Waals surface area contributed by atoms with Gasteiger partial charge in [0.1, 0.15) is 0 Å². The van der Waals surface area contributed by atoms with Crippen LogP contribution in [0.1, 0.15) is 27.0 Å². The number of nitrogens with one attached hydrogen (secondary N) is 3. The highest BCUT2D eigenvalue weighted by atomic mass is 16.5. The topological polar surface area (TPSA) is 78.0 Å². The molecule has 7 nitrogen and oxygen atoms in total. The molecule has 0 saturated carbocycles. The highest BCUT2D eigenvalue weighted by molar-refractivity contribution is 5.94. The standard InChI is InChI=1S/C23H31N5O2/c1-24-22(29)19-9-5-6-18(14-19)15-26-23(25-2)27-16-20-7-3-4-8-21(20)17-28-10-12-30-13-11-28/h3-9,14H,10-13,15-17H2,1-2H3,(H,24,29)(H2,25,26,27). The molecule has 1 aliphatic rings. The maximum atomic E-state index is 11.8. The van der Waals surface area contributed by atoms with Gasteiger partial charge in [0.25, 0.3) is 5.91 Å². The van der Waals surface area contributed by atoms with E-state index in [1.165, 1.54) is 11.1 Å². The first-order valence-corrected chi connectivity index (χ1v) is 10.3. The van der Waals surface area contributed by atoms with Gasteiger partial charge in [-0.3, -0.25) is 14.7 Å². The molecule has 0 atom stereocenters. The molecule has 0 aromatic heterocycles. The van der Waals surface area contributed by atoms with Gasteiger partial charge >= 0.3 is 0 Å². The molecule has 1 fully saturated rings. The van der Waals surface area contributed by atoms with Crippen LogP contribution in [0.5, 0.6) is 0 Å². The highest BCUT2D eigenvalue weighted by Crippen LogP contribution is 2.13. The lowest BCUT2D eigenvalue weighted by atomic mass is 10.1. The molecule has 7 heteroatoms. The maximum absolute atomic E-state index is 11.8. The van der Waals surface area contributed by atoms with Crippen LogP contribution < -0.4 is 16.0 Å². The number of morpholine rings is 1. The smallest absolute Gasteiger partial charge is 0.251 e. The first kappa shape index (κ1) is 21.8. The van der Waals surface area contributed by atoms with E-state index in [1.807, 2.05) is 18.2 Å². The van der Waals surface area contributed by atoms with Crippen LogP contribution in [-0.2, 0) is 24.4 Å². The monoisotopic (exact) mass is 409 g/mol. The normalized spacial score (nSPS) is 14.9. The molecule has 1 amide bonds. The van der Waals surface area contributed by atoms with Crippen LogP contribution in [0.4, 0.5) is 0 Å². The van der Waals surface area contributed by atoms with E-state index in [0.29, 0.717) is 18.7 Å². The van der Waals surface area contributed by atoms with E-state index in [1.54, 1.807) is 20.2 Å². The Balaban J connectivity index is 1.55. The van der Waals surface area contributed by atoms with E-state index in [4.69, 9.17) is 4.74 Å². The number of carbonyl (C=O) groups is 1. The molecule has 0 spiro atoms. The van der Waals surface area contributed by atoms with E-state index in [2.05, 4.69) is 50.1 Å². The number of amides is 1. The fourth-order valence-corrected chi connectivity index (χ4v) is 3.44. The Bertz CT molecular complexity index is 862. The van der Waals surface area contributed by atoms with Gasteiger partial charge in [0.2, 0.25) is 0 Å². The van der Waals surface area contributed by atoms with Gasteiger partial charge in [0, 0.05) is 52.4 Å². The number of benzene rings is 2. The Hall–Kier alpha value is -2.90. The SMILES string of the molecule is CN=C(NCc1cccc(C(=O)NC)c1)NCc1ccccc1CN1CCOCC1. The van der Waals surface area contributed by atoms with Gasteiger partial charge in [-0.25, -0.2) is 0 Å². The van der Waals surface area contributed by atoms with Gasteiger partial charge in [-0.05, 0) is 28.8 Å². The van der Waals surface area contributed by atoms with Crippen molar-refractivity contribution in [3.63, 3.8) is 0 Å². The molecule has 30 heavy (non-hydrogen) atoms. The Labute approximate surface area is 178 Å². The van der Waals surface area contributed by atoms with Crippen molar-refractivity contribution in [1.29, 1.82) is 0 Å². The van der Waals surface area contributed by atoms with Gasteiger partial charge in [-0.15, -0.1) is 0 Å². The van der Waals surface area contributed by atoms with E-state index >= 15 is 0 Å². The third-order valence-electron chi connectivity index (χ3n) is 5.16. The minimum atomic E-state index is -0.0868. The predicted octanol–water partition coefficient (Wildman–Crippen LogP) is 1.74. The predicted molar refractivity (Wildman–Crippen MR) is 119 cm³/mol. The molecule has 3 N–H and O–H groups in total. The second kappa shape index (κ2) is 11.3. The Morgan fingerprint density at radius 3 is 2.50 bits per heavy atom. The number of guanidine groups is 1. The first-order chi connectivity index (χ1) is 14.7. The molecular weight excluding hydrogens is 378 g/mol. The van der Waals surface area contributed by atoms with Crippen molar-refractivity contribution in [3.8, 4) is 0 Å². The number of hydrogen-bond donors (Lipinski definition) is 3. The summed E-state index contributed by atoms with van der Waals surface area (Å²) in [5.74, 6) is 0.637. The van der Waals surface area contributed by atoms with Crippen molar-refractivity contribution in [2.75, 3.05) is 40.4 Å². The molecule has 0 radical (unpaired) electrons. The summed E-state index contributed by atoms with van der Waals surface area (Å²) >= 11 is 0. The number of hydrogen-bond acceptors (Lipinski definition) is 4. The van der Waals surface area contributed by atoms with Crippen molar-refractivity contribution in [2.45, 2.75) is 19.6 Å². The van der Waals surface area contributed by atoms with Crippen LogP contribution in [0, 0.1) is 0 Å². The molecule has 1 aliphatic heterocycles. The van der Waals surface area contributed by atoms with Crippen molar-refractivity contribution in [2.24, 2.45) is 4.99 Å². The van der Waals surface area contributed by atoms with Crippen LogP contribution in [-0.4, -0.2) is 57.2 Å². The molecule has 0 aliphatic carbocycles. The van der Waals surface area contributed by atoms with Crippen LogP contribution in [0.15, 0.2) is 53.5 Å². The zero-order valence-corrected chi connectivity index (χ0v) is 17.8. The third kappa shape index (κ3) is 6.30. The molecule has 0 bridgehead atoms. The van der Waals surface area contributed by atoms with E-state index in [9.17, 15) is 4.79 Å². The highest BCUT2D eigenvalue weighted by Gasteiger charge is 2.13.